The lowest BCUT2D eigenvalue weighted by molar-refractivity contribution is 0.110. The number of hydrogen-bond acceptors (Lipinski definition) is 3. The molecule has 0 aromatic carbocycles. The first-order chi connectivity index (χ1) is 8.81. The van der Waals surface area contributed by atoms with E-state index < -0.39 is 0 Å². The van der Waals surface area contributed by atoms with Crippen LogP contribution >= 0.6 is 11.6 Å². The van der Waals surface area contributed by atoms with Crippen LogP contribution in [0.1, 0.15) is 18.5 Å². The Kier molecular flexibility index (Phi) is 3.50. The number of nitrogens with one attached hydrogen (secondary N) is 1. The smallest absolute Gasteiger partial charge is 0.137 e. The summed E-state index contributed by atoms with van der Waals surface area (Å²) < 4.78 is 7.51. The van der Waals surface area contributed by atoms with Gasteiger partial charge in [-0.3, -0.25) is 0 Å². The predicted molar refractivity (Wildman–Crippen MR) is 70.9 cm³/mol. The molecule has 3 heterocycles. The van der Waals surface area contributed by atoms with Crippen LogP contribution in [0, 0.1) is 0 Å². The molecular weight excluding hydrogens is 250 g/mol. The van der Waals surface area contributed by atoms with Crippen molar-refractivity contribution in [1.82, 2.24) is 14.7 Å². The van der Waals surface area contributed by atoms with Gasteiger partial charge in [-0.1, -0.05) is 11.6 Å². The Morgan fingerprint density at radius 1 is 1.44 bits per heavy atom. The Bertz CT molecular complexity index is 534. The molecule has 1 aliphatic heterocycles. The monoisotopic (exact) mass is 265 g/mol. The molecule has 0 spiro atoms. The molecule has 1 saturated heterocycles. The molecule has 0 bridgehead atoms. The summed E-state index contributed by atoms with van der Waals surface area (Å²) in [7, 11) is 0. The highest BCUT2D eigenvalue weighted by molar-refractivity contribution is 6.30. The summed E-state index contributed by atoms with van der Waals surface area (Å²) in [5, 5.41) is 4.11. The lowest BCUT2D eigenvalue weighted by Gasteiger charge is -2.09. The topological polar surface area (TPSA) is 38.6 Å². The molecule has 1 unspecified atom stereocenters. The molecule has 1 atom stereocenters. The van der Waals surface area contributed by atoms with Crippen LogP contribution in [-0.2, 0) is 11.3 Å². The first-order valence-corrected chi connectivity index (χ1v) is 6.64. The average molecular weight is 266 g/mol. The maximum absolute atomic E-state index is 5.94. The van der Waals surface area contributed by atoms with Gasteiger partial charge >= 0.3 is 0 Å². The van der Waals surface area contributed by atoms with Crippen LogP contribution in [0.2, 0.25) is 5.02 Å². The Morgan fingerprint density at radius 3 is 3.22 bits per heavy atom. The molecule has 3 rings (SSSR count). The summed E-state index contributed by atoms with van der Waals surface area (Å²) in [6.45, 7) is 2.56. The van der Waals surface area contributed by atoms with Crippen molar-refractivity contribution in [3.05, 3.63) is 35.2 Å². The molecule has 18 heavy (non-hydrogen) atoms. The number of halogens is 1. The van der Waals surface area contributed by atoms with Crippen molar-refractivity contribution in [2.24, 2.45) is 0 Å². The average Bonchev–Trinajstić information content (AvgIpc) is 2.97. The van der Waals surface area contributed by atoms with E-state index in [1.807, 2.05) is 28.9 Å². The summed E-state index contributed by atoms with van der Waals surface area (Å²) >= 11 is 5.94. The maximum Gasteiger partial charge on any atom is 0.137 e. The largest absolute Gasteiger partial charge is 0.377 e. The molecule has 1 fully saturated rings. The SMILES string of the molecule is Clc1ccc2nc(CNCC3CCCO3)cn2c1. The molecule has 1 aliphatic rings. The van der Waals surface area contributed by atoms with E-state index in [9.17, 15) is 0 Å². The predicted octanol–water partition coefficient (Wildman–Crippen LogP) is 2.26. The zero-order valence-electron chi connectivity index (χ0n) is 10.1. The first-order valence-electron chi connectivity index (χ1n) is 6.27. The number of nitrogens with zero attached hydrogens (tertiary/aromatic N) is 2. The van der Waals surface area contributed by atoms with Gasteiger partial charge in [0, 0.05) is 32.1 Å². The highest BCUT2D eigenvalue weighted by Gasteiger charge is 2.14. The molecule has 0 radical (unpaired) electrons. The normalized spacial score (nSPS) is 19.7. The maximum atomic E-state index is 5.94. The van der Waals surface area contributed by atoms with Gasteiger partial charge in [0.05, 0.1) is 16.8 Å². The van der Waals surface area contributed by atoms with Crippen LogP contribution in [0.25, 0.3) is 5.65 Å². The standard InChI is InChI=1S/C13H16ClN3O/c14-10-3-4-13-16-11(9-17(13)8-10)6-15-7-12-2-1-5-18-12/h3-4,8-9,12,15H,1-2,5-7H2. The van der Waals surface area contributed by atoms with E-state index in [1.54, 1.807) is 0 Å². The molecule has 0 aliphatic carbocycles. The number of aromatic nitrogens is 2. The molecule has 1 N–H and O–H groups in total. The highest BCUT2D eigenvalue weighted by atomic mass is 35.5. The van der Waals surface area contributed by atoms with E-state index in [2.05, 4.69) is 10.3 Å². The molecule has 96 valence electrons. The minimum atomic E-state index is 0.372. The summed E-state index contributed by atoms with van der Waals surface area (Å²) in [5.74, 6) is 0. The fourth-order valence-corrected chi connectivity index (χ4v) is 2.44. The van der Waals surface area contributed by atoms with E-state index >= 15 is 0 Å². The van der Waals surface area contributed by atoms with Gasteiger partial charge in [-0.25, -0.2) is 4.98 Å². The molecule has 0 saturated carbocycles. The first kappa shape index (κ1) is 12.0. The summed E-state index contributed by atoms with van der Waals surface area (Å²) in [5.41, 5.74) is 1.95. The van der Waals surface area contributed by atoms with Gasteiger partial charge in [-0.15, -0.1) is 0 Å². The minimum absolute atomic E-state index is 0.372. The number of imidazole rings is 1. The van der Waals surface area contributed by atoms with Crippen LogP contribution < -0.4 is 5.32 Å². The fraction of sp³-hybridized carbons (Fsp3) is 0.462. The van der Waals surface area contributed by atoms with E-state index in [4.69, 9.17) is 16.3 Å². The summed E-state index contributed by atoms with van der Waals surface area (Å²) in [6, 6.07) is 3.78. The molecule has 2 aromatic heterocycles. The third-order valence-corrected chi connectivity index (χ3v) is 3.39. The third-order valence-electron chi connectivity index (χ3n) is 3.17. The van der Waals surface area contributed by atoms with Crippen molar-refractivity contribution in [2.45, 2.75) is 25.5 Å². The van der Waals surface area contributed by atoms with Crippen LogP contribution in [0.3, 0.4) is 0 Å². The fourth-order valence-electron chi connectivity index (χ4n) is 2.27. The Morgan fingerprint density at radius 2 is 2.39 bits per heavy atom. The molecular formula is C13H16ClN3O. The van der Waals surface area contributed by atoms with Crippen molar-refractivity contribution < 1.29 is 4.74 Å². The zero-order valence-corrected chi connectivity index (χ0v) is 10.9. The number of fused-ring (bicyclic) bond motifs is 1. The lowest BCUT2D eigenvalue weighted by Crippen LogP contribution is -2.25. The quantitative estimate of drug-likeness (QED) is 0.922. The Balaban J connectivity index is 1.60. The van der Waals surface area contributed by atoms with Crippen molar-refractivity contribution in [3.8, 4) is 0 Å². The van der Waals surface area contributed by atoms with E-state index in [0.29, 0.717) is 6.10 Å². The van der Waals surface area contributed by atoms with Crippen molar-refractivity contribution in [2.75, 3.05) is 13.2 Å². The summed E-state index contributed by atoms with van der Waals surface area (Å²) in [6.07, 6.45) is 6.58. The molecule has 4 nitrogen and oxygen atoms in total. The molecule has 0 amide bonds. The lowest BCUT2D eigenvalue weighted by atomic mass is 10.2. The van der Waals surface area contributed by atoms with Gasteiger partial charge in [-0.2, -0.15) is 0 Å². The third kappa shape index (κ3) is 2.66. The van der Waals surface area contributed by atoms with E-state index in [0.717, 1.165) is 42.5 Å². The van der Waals surface area contributed by atoms with Gasteiger partial charge < -0.3 is 14.5 Å². The van der Waals surface area contributed by atoms with Crippen LogP contribution in [0.15, 0.2) is 24.5 Å². The highest BCUT2D eigenvalue weighted by Crippen LogP contribution is 2.13. The Labute approximate surface area is 111 Å². The van der Waals surface area contributed by atoms with Crippen LogP contribution in [0.4, 0.5) is 0 Å². The van der Waals surface area contributed by atoms with Crippen molar-refractivity contribution >= 4 is 17.2 Å². The second-order valence-electron chi connectivity index (χ2n) is 4.61. The minimum Gasteiger partial charge on any atom is -0.377 e. The second-order valence-corrected chi connectivity index (χ2v) is 5.05. The van der Waals surface area contributed by atoms with Gasteiger partial charge in [-0.05, 0) is 25.0 Å². The zero-order chi connectivity index (χ0) is 12.4. The number of ether oxygens (including phenoxy) is 1. The van der Waals surface area contributed by atoms with Gasteiger partial charge in [0.1, 0.15) is 5.65 Å². The van der Waals surface area contributed by atoms with Gasteiger partial charge in [0.2, 0.25) is 0 Å². The van der Waals surface area contributed by atoms with Crippen molar-refractivity contribution in [3.63, 3.8) is 0 Å². The van der Waals surface area contributed by atoms with E-state index in [-0.39, 0.29) is 0 Å². The second kappa shape index (κ2) is 5.26. The van der Waals surface area contributed by atoms with Gasteiger partial charge in [0.15, 0.2) is 0 Å². The number of rotatable bonds is 4. The van der Waals surface area contributed by atoms with Crippen LogP contribution in [-0.4, -0.2) is 28.6 Å². The Hall–Kier alpha value is -1.10. The number of pyridine rings is 1. The van der Waals surface area contributed by atoms with Gasteiger partial charge in [0.25, 0.3) is 0 Å². The summed E-state index contributed by atoms with van der Waals surface area (Å²) in [4.78, 5) is 4.52. The number of hydrogen-bond donors (Lipinski definition) is 1. The molecule has 5 heteroatoms. The van der Waals surface area contributed by atoms with Crippen LogP contribution in [0.5, 0.6) is 0 Å². The van der Waals surface area contributed by atoms with Crippen molar-refractivity contribution in [1.29, 1.82) is 0 Å². The molecule has 2 aromatic rings. The van der Waals surface area contributed by atoms with E-state index in [1.165, 1.54) is 6.42 Å².